The van der Waals surface area contributed by atoms with E-state index in [1.165, 1.54) is 5.39 Å². The highest BCUT2D eigenvalue weighted by Crippen LogP contribution is 2.17. The third-order valence-electron chi connectivity index (χ3n) is 4.08. The van der Waals surface area contributed by atoms with E-state index < -0.39 is 0 Å². The Morgan fingerprint density at radius 1 is 0.962 bits per heavy atom. The Morgan fingerprint density at radius 2 is 1.65 bits per heavy atom. The molecule has 3 rings (SSSR count). The first-order valence-electron chi connectivity index (χ1n) is 8.55. The third kappa shape index (κ3) is 4.48. The number of nitrogens with one attached hydrogen (secondary N) is 1. The van der Waals surface area contributed by atoms with Crippen LogP contribution in [0.5, 0.6) is 5.75 Å². The van der Waals surface area contributed by atoms with Gasteiger partial charge in [-0.1, -0.05) is 42.5 Å². The molecule has 26 heavy (non-hydrogen) atoms. The molecule has 0 spiro atoms. The first-order valence-corrected chi connectivity index (χ1v) is 8.55. The van der Waals surface area contributed by atoms with Gasteiger partial charge in [0.25, 0.3) is 5.91 Å². The van der Waals surface area contributed by atoms with Crippen LogP contribution in [-0.4, -0.2) is 18.2 Å². The van der Waals surface area contributed by atoms with Crippen LogP contribution in [0, 0.1) is 13.8 Å². The van der Waals surface area contributed by atoms with Crippen molar-refractivity contribution >= 4 is 22.4 Å². The molecule has 0 saturated heterocycles. The van der Waals surface area contributed by atoms with E-state index in [1.807, 2.05) is 51.1 Å². The molecule has 0 saturated carbocycles. The van der Waals surface area contributed by atoms with E-state index in [2.05, 4.69) is 40.9 Å². The normalized spacial score (nSPS) is 11.4. The van der Waals surface area contributed by atoms with Gasteiger partial charge in [0.05, 0.1) is 5.71 Å². The molecule has 0 atom stereocenters. The quantitative estimate of drug-likeness (QED) is 0.551. The van der Waals surface area contributed by atoms with E-state index >= 15 is 0 Å². The zero-order chi connectivity index (χ0) is 18.5. The highest BCUT2D eigenvalue weighted by molar-refractivity contribution is 6.02. The molecule has 3 aromatic rings. The summed E-state index contributed by atoms with van der Waals surface area (Å²) in [5.41, 5.74) is 6.47. The second-order valence-electron chi connectivity index (χ2n) is 6.41. The lowest BCUT2D eigenvalue weighted by atomic mass is 10.0. The maximum atomic E-state index is 12.0. The van der Waals surface area contributed by atoms with Crippen molar-refractivity contribution in [3.63, 3.8) is 0 Å². The number of hydrazone groups is 1. The second-order valence-corrected chi connectivity index (χ2v) is 6.41. The largest absolute Gasteiger partial charge is 0.484 e. The number of carbonyl (C=O) groups is 1. The monoisotopic (exact) mass is 346 g/mol. The minimum absolute atomic E-state index is 0.0720. The molecule has 4 nitrogen and oxygen atoms in total. The lowest BCUT2D eigenvalue weighted by Gasteiger charge is -2.08. The molecule has 0 aliphatic heterocycles. The molecule has 3 aromatic carbocycles. The summed E-state index contributed by atoms with van der Waals surface area (Å²) in [5.74, 6) is 0.400. The highest BCUT2D eigenvalue weighted by Gasteiger charge is 2.04. The number of amides is 1. The van der Waals surface area contributed by atoms with Crippen LogP contribution in [0.4, 0.5) is 0 Å². The van der Waals surface area contributed by atoms with Crippen molar-refractivity contribution in [1.82, 2.24) is 5.43 Å². The first kappa shape index (κ1) is 17.7. The van der Waals surface area contributed by atoms with Crippen LogP contribution in [0.25, 0.3) is 10.8 Å². The van der Waals surface area contributed by atoms with E-state index in [1.54, 1.807) is 0 Å². The van der Waals surface area contributed by atoms with E-state index in [0.29, 0.717) is 5.75 Å². The van der Waals surface area contributed by atoms with E-state index in [4.69, 9.17) is 4.74 Å². The average Bonchev–Trinajstić information content (AvgIpc) is 2.63. The molecule has 0 bridgehead atoms. The van der Waals surface area contributed by atoms with Crippen molar-refractivity contribution in [2.24, 2.45) is 5.10 Å². The molecule has 132 valence electrons. The standard InChI is InChI=1S/C22H22N2O2/c1-15-10-16(2)12-21(11-15)26-14-22(25)24-23-17(3)19-9-8-18-6-4-5-7-20(18)13-19/h4-13H,14H2,1-3H3,(H,24,25). The summed E-state index contributed by atoms with van der Waals surface area (Å²) in [6, 6.07) is 20.1. The first-order chi connectivity index (χ1) is 12.5. The molecule has 4 heteroatoms. The molecular formula is C22H22N2O2. The van der Waals surface area contributed by atoms with Gasteiger partial charge in [-0.15, -0.1) is 0 Å². The fourth-order valence-corrected chi connectivity index (χ4v) is 2.82. The molecule has 0 heterocycles. The smallest absolute Gasteiger partial charge is 0.277 e. The summed E-state index contributed by atoms with van der Waals surface area (Å²) in [6.45, 7) is 5.79. The lowest BCUT2D eigenvalue weighted by molar-refractivity contribution is -0.123. The predicted octanol–water partition coefficient (Wildman–Crippen LogP) is 4.38. The Hall–Kier alpha value is -3.14. The Labute approximate surface area is 153 Å². The summed E-state index contributed by atoms with van der Waals surface area (Å²) < 4.78 is 5.54. The minimum atomic E-state index is -0.288. The minimum Gasteiger partial charge on any atom is -0.484 e. The molecule has 0 aromatic heterocycles. The predicted molar refractivity (Wildman–Crippen MR) is 106 cm³/mol. The van der Waals surface area contributed by atoms with Crippen LogP contribution in [0.1, 0.15) is 23.6 Å². The Kier molecular flexibility index (Phi) is 5.32. The number of carbonyl (C=O) groups excluding carboxylic acids is 1. The molecule has 0 radical (unpaired) electrons. The van der Waals surface area contributed by atoms with E-state index in [0.717, 1.165) is 27.8 Å². The fraction of sp³-hybridized carbons (Fsp3) is 0.182. The number of nitrogens with zero attached hydrogens (tertiary/aromatic N) is 1. The van der Waals surface area contributed by atoms with Crippen LogP contribution in [0.2, 0.25) is 0 Å². The van der Waals surface area contributed by atoms with Gasteiger partial charge in [0, 0.05) is 0 Å². The zero-order valence-electron chi connectivity index (χ0n) is 15.2. The van der Waals surface area contributed by atoms with Crippen molar-refractivity contribution < 1.29 is 9.53 Å². The molecule has 1 N–H and O–H groups in total. The topological polar surface area (TPSA) is 50.7 Å². The van der Waals surface area contributed by atoms with E-state index in [-0.39, 0.29) is 12.5 Å². The second kappa shape index (κ2) is 7.83. The Balaban J connectivity index is 1.61. The van der Waals surface area contributed by atoms with Gasteiger partial charge in [0.2, 0.25) is 0 Å². The van der Waals surface area contributed by atoms with Crippen LogP contribution in [0.3, 0.4) is 0 Å². The molecular weight excluding hydrogens is 324 g/mol. The highest BCUT2D eigenvalue weighted by atomic mass is 16.5. The zero-order valence-corrected chi connectivity index (χ0v) is 15.2. The van der Waals surface area contributed by atoms with Crippen molar-refractivity contribution in [1.29, 1.82) is 0 Å². The van der Waals surface area contributed by atoms with Crippen molar-refractivity contribution in [3.8, 4) is 5.75 Å². The maximum absolute atomic E-state index is 12.0. The summed E-state index contributed by atoms with van der Waals surface area (Å²) in [7, 11) is 0. The Bertz CT molecular complexity index is 957. The van der Waals surface area contributed by atoms with Gasteiger partial charge < -0.3 is 4.74 Å². The molecule has 0 aliphatic carbocycles. The number of hydrogen-bond donors (Lipinski definition) is 1. The van der Waals surface area contributed by atoms with Gasteiger partial charge in [-0.05, 0) is 66.4 Å². The van der Waals surface area contributed by atoms with Crippen molar-refractivity contribution in [2.75, 3.05) is 6.61 Å². The molecule has 0 fully saturated rings. The molecule has 0 unspecified atom stereocenters. The van der Waals surface area contributed by atoms with Crippen LogP contribution in [0.15, 0.2) is 65.8 Å². The van der Waals surface area contributed by atoms with Crippen molar-refractivity contribution in [2.45, 2.75) is 20.8 Å². The van der Waals surface area contributed by atoms with Gasteiger partial charge in [0.1, 0.15) is 5.75 Å². The van der Waals surface area contributed by atoms with Crippen LogP contribution >= 0.6 is 0 Å². The number of rotatable bonds is 5. The SMILES string of the molecule is CC(=NNC(=O)COc1cc(C)cc(C)c1)c1ccc2ccccc2c1. The van der Waals surface area contributed by atoms with Gasteiger partial charge in [0.15, 0.2) is 6.61 Å². The maximum Gasteiger partial charge on any atom is 0.277 e. The van der Waals surface area contributed by atoms with Crippen LogP contribution < -0.4 is 10.2 Å². The summed E-state index contributed by atoms with van der Waals surface area (Å²) >= 11 is 0. The van der Waals surface area contributed by atoms with Gasteiger partial charge in [-0.3, -0.25) is 4.79 Å². The van der Waals surface area contributed by atoms with Crippen molar-refractivity contribution in [3.05, 3.63) is 77.4 Å². The van der Waals surface area contributed by atoms with Gasteiger partial charge in [-0.2, -0.15) is 5.10 Å². The summed E-state index contributed by atoms with van der Waals surface area (Å²) in [5, 5.41) is 6.50. The number of hydrogen-bond acceptors (Lipinski definition) is 3. The molecule has 0 aliphatic rings. The number of benzene rings is 3. The fourth-order valence-electron chi connectivity index (χ4n) is 2.82. The Morgan fingerprint density at radius 3 is 2.38 bits per heavy atom. The lowest BCUT2D eigenvalue weighted by Crippen LogP contribution is -2.25. The molecule has 1 amide bonds. The van der Waals surface area contributed by atoms with E-state index in [9.17, 15) is 4.79 Å². The number of aryl methyl sites for hydroxylation is 2. The number of ether oxygens (including phenoxy) is 1. The van der Waals surface area contributed by atoms with Crippen LogP contribution in [-0.2, 0) is 4.79 Å². The third-order valence-corrected chi connectivity index (χ3v) is 4.08. The summed E-state index contributed by atoms with van der Waals surface area (Å²) in [6.07, 6.45) is 0. The number of fused-ring (bicyclic) bond motifs is 1. The van der Waals surface area contributed by atoms with Gasteiger partial charge in [-0.25, -0.2) is 5.43 Å². The average molecular weight is 346 g/mol. The summed E-state index contributed by atoms with van der Waals surface area (Å²) in [4.78, 5) is 12.0. The van der Waals surface area contributed by atoms with Gasteiger partial charge >= 0.3 is 0 Å².